The summed E-state index contributed by atoms with van der Waals surface area (Å²) in [5, 5.41) is 14.4. The van der Waals surface area contributed by atoms with Crippen LogP contribution < -0.4 is 5.32 Å². The Morgan fingerprint density at radius 3 is 2.83 bits per heavy atom. The second-order valence-corrected chi connectivity index (χ2v) is 5.86. The Bertz CT molecular complexity index is 750. The van der Waals surface area contributed by atoms with E-state index in [4.69, 9.17) is 0 Å². The van der Waals surface area contributed by atoms with Crippen LogP contribution in [-0.4, -0.2) is 26.8 Å². The van der Waals surface area contributed by atoms with Crippen LogP contribution >= 0.6 is 0 Å². The first kappa shape index (κ1) is 15.2. The minimum atomic E-state index is -0.460. The van der Waals surface area contributed by atoms with Crippen molar-refractivity contribution in [2.75, 3.05) is 11.9 Å². The third-order valence-corrected chi connectivity index (χ3v) is 4.29. The number of hydrogen-bond acceptors (Lipinski definition) is 5. The number of nitro groups is 1. The predicted octanol–water partition coefficient (Wildman–Crippen LogP) is 2.77. The Labute approximate surface area is 133 Å². The fraction of sp³-hybridized carbons (Fsp3) is 0.375. The lowest BCUT2D eigenvalue weighted by Gasteiger charge is -2.25. The highest BCUT2D eigenvalue weighted by Gasteiger charge is 2.22. The number of rotatable bonds is 6. The van der Waals surface area contributed by atoms with E-state index in [2.05, 4.69) is 10.3 Å². The number of carbonyl (C=O) groups is 1. The first-order chi connectivity index (χ1) is 11.1. The Morgan fingerprint density at radius 1 is 1.48 bits per heavy atom. The van der Waals surface area contributed by atoms with E-state index in [-0.39, 0.29) is 22.9 Å². The van der Waals surface area contributed by atoms with Gasteiger partial charge in [0.05, 0.1) is 4.92 Å². The van der Waals surface area contributed by atoms with Crippen LogP contribution in [-0.2, 0) is 7.05 Å². The summed E-state index contributed by atoms with van der Waals surface area (Å²) in [4.78, 5) is 27.3. The monoisotopic (exact) mass is 314 g/mol. The van der Waals surface area contributed by atoms with Crippen molar-refractivity contribution in [1.82, 2.24) is 9.55 Å². The van der Waals surface area contributed by atoms with Crippen LogP contribution in [0.4, 0.5) is 11.4 Å². The number of ketones is 1. The van der Waals surface area contributed by atoms with Crippen molar-refractivity contribution in [1.29, 1.82) is 0 Å². The van der Waals surface area contributed by atoms with Gasteiger partial charge in [0.1, 0.15) is 5.69 Å². The lowest BCUT2D eigenvalue weighted by atomic mass is 9.85. The van der Waals surface area contributed by atoms with Gasteiger partial charge in [-0.1, -0.05) is 6.42 Å². The Hall–Kier alpha value is -2.70. The number of hydrogen-bond donors (Lipinski definition) is 1. The first-order valence-corrected chi connectivity index (χ1v) is 7.60. The summed E-state index contributed by atoms with van der Waals surface area (Å²) in [6, 6.07) is 4.53. The lowest BCUT2D eigenvalue weighted by Crippen LogP contribution is -2.21. The molecular formula is C16H18N4O3. The van der Waals surface area contributed by atoms with Gasteiger partial charge in [-0.2, -0.15) is 0 Å². The molecule has 0 saturated heterocycles. The van der Waals surface area contributed by atoms with Gasteiger partial charge in [0.25, 0.3) is 5.69 Å². The van der Waals surface area contributed by atoms with Crippen LogP contribution in [0.25, 0.3) is 0 Å². The van der Waals surface area contributed by atoms with E-state index in [0.29, 0.717) is 11.6 Å². The third kappa shape index (κ3) is 3.08. The summed E-state index contributed by atoms with van der Waals surface area (Å²) in [5.74, 6) is 0.518. The molecule has 3 rings (SSSR count). The van der Waals surface area contributed by atoms with E-state index in [0.717, 1.165) is 19.4 Å². The Kier molecular flexibility index (Phi) is 4.10. The predicted molar refractivity (Wildman–Crippen MR) is 85.6 cm³/mol. The SMILES string of the molecule is Cn1ccnc1C(=O)c1ccc(NCC2CCC2)c([N+](=O)[O-])c1. The van der Waals surface area contributed by atoms with Gasteiger partial charge in [0.2, 0.25) is 5.78 Å². The normalized spacial score (nSPS) is 14.3. The highest BCUT2D eigenvalue weighted by atomic mass is 16.6. The molecule has 0 amide bonds. The van der Waals surface area contributed by atoms with Gasteiger partial charge >= 0.3 is 0 Å². The van der Waals surface area contributed by atoms with Crippen LogP contribution in [0.15, 0.2) is 30.6 Å². The molecule has 0 radical (unpaired) electrons. The van der Waals surface area contributed by atoms with Gasteiger partial charge in [-0.25, -0.2) is 4.98 Å². The molecule has 120 valence electrons. The minimum absolute atomic E-state index is 0.0793. The van der Waals surface area contributed by atoms with Crippen molar-refractivity contribution in [3.8, 4) is 0 Å². The number of imidazole rings is 1. The molecule has 7 heteroatoms. The van der Waals surface area contributed by atoms with Gasteiger partial charge in [0.15, 0.2) is 5.82 Å². The molecule has 1 aliphatic rings. The van der Waals surface area contributed by atoms with Crippen molar-refractivity contribution >= 4 is 17.2 Å². The molecule has 1 fully saturated rings. The molecule has 1 aromatic carbocycles. The highest BCUT2D eigenvalue weighted by molar-refractivity contribution is 6.07. The summed E-state index contributed by atoms with van der Waals surface area (Å²) in [7, 11) is 1.71. The van der Waals surface area contributed by atoms with Crippen LogP contribution in [0.3, 0.4) is 0 Å². The number of nitrogens with one attached hydrogen (secondary N) is 1. The van der Waals surface area contributed by atoms with Crippen molar-refractivity contribution < 1.29 is 9.72 Å². The summed E-state index contributed by atoms with van der Waals surface area (Å²) >= 11 is 0. The topological polar surface area (TPSA) is 90.1 Å². The minimum Gasteiger partial charge on any atom is -0.379 e. The van der Waals surface area contributed by atoms with Crippen LogP contribution in [0.2, 0.25) is 0 Å². The molecule has 2 aromatic rings. The maximum absolute atomic E-state index is 12.4. The average molecular weight is 314 g/mol. The van der Waals surface area contributed by atoms with Crippen LogP contribution in [0.1, 0.15) is 35.4 Å². The second kappa shape index (κ2) is 6.20. The van der Waals surface area contributed by atoms with Crippen LogP contribution in [0, 0.1) is 16.0 Å². The molecule has 1 N–H and O–H groups in total. The van der Waals surface area contributed by atoms with E-state index < -0.39 is 4.92 Å². The van der Waals surface area contributed by atoms with Gasteiger partial charge < -0.3 is 9.88 Å². The zero-order valence-corrected chi connectivity index (χ0v) is 12.9. The van der Waals surface area contributed by atoms with E-state index in [1.165, 1.54) is 18.7 Å². The Balaban J connectivity index is 1.85. The van der Waals surface area contributed by atoms with Gasteiger partial charge in [0, 0.05) is 37.6 Å². The van der Waals surface area contributed by atoms with Crippen molar-refractivity contribution in [2.24, 2.45) is 13.0 Å². The zero-order chi connectivity index (χ0) is 16.4. The van der Waals surface area contributed by atoms with E-state index in [1.54, 1.807) is 29.9 Å². The molecule has 0 aliphatic heterocycles. The van der Waals surface area contributed by atoms with Gasteiger partial charge in [-0.15, -0.1) is 0 Å². The summed E-state index contributed by atoms with van der Waals surface area (Å²) in [5.41, 5.74) is 0.642. The number of anilines is 1. The van der Waals surface area contributed by atoms with Crippen molar-refractivity contribution in [2.45, 2.75) is 19.3 Å². The van der Waals surface area contributed by atoms with Gasteiger partial charge in [-0.3, -0.25) is 14.9 Å². The molecule has 23 heavy (non-hydrogen) atoms. The quantitative estimate of drug-likeness (QED) is 0.503. The first-order valence-electron chi connectivity index (χ1n) is 7.60. The number of nitrogens with zero attached hydrogens (tertiary/aromatic N) is 3. The maximum atomic E-state index is 12.4. The third-order valence-electron chi connectivity index (χ3n) is 4.29. The number of aromatic nitrogens is 2. The summed E-state index contributed by atoms with van der Waals surface area (Å²) < 4.78 is 1.59. The van der Waals surface area contributed by atoms with Gasteiger partial charge in [-0.05, 0) is 30.9 Å². The van der Waals surface area contributed by atoms with Crippen molar-refractivity contribution in [3.63, 3.8) is 0 Å². The standard InChI is InChI=1S/C16H18N4O3/c1-19-8-7-17-16(19)15(21)12-5-6-13(14(9-12)20(22)23)18-10-11-3-2-4-11/h5-9,11,18H,2-4,10H2,1H3. The smallest absolute Gasteiger partial charge is 0.293 e. The molecule has 0 bridgehead atoms. The fourth-order valence-corrected chi connectivity index (χ4v) is 2.64. The molecule has 1 aromatic heterocycles. The molecule has 1 heterocycles. The molecule has 0 atom stereocenters. The molecule has 7 nitrogen and oxygen atoms in total. The number of nitro benzene ring substituents is 1. The summed E-state index contributed by atoms with van der Waals surface area (Å²) in [6.45, 7) is 0.730. The zero-order valence-electron chi connectivity index (χ0n) is 12.9. The molecular weight excluding hydrogens is 296 g/mol. The van der Waals surface area contributed by atoms with E-state index in [1.807, 2.05) is 0 Å². The van der Waals surface area contributed by atoms with Crippen molar-refractivity contribution in [3.05, 3.63) is 52.1 Å². The number of benzene rings is 1. The highest BCUT2D eigenvalue weighted by Crippen LogP contribution is 2.30. The maximum Gasteiger partial charge on any atom is 0.293 e. The number of carbonyl (C=O) groups excluding carboxylic acids is 1. The average Bonchev–Trinajstić information content (AvgIpc) is 2.91. The summed E-state index contributed by atoms with van der Waals surface area (Å²) in [6.07, 6.45) is 6.74. The number of aryl methyl sites for hydroxylation is 1. The molecule has 1 saturated carbocycles. The van der Waals surface area contributed by atoms with Crippen LogP contribution in [0.5, 0.6) is 0 Å². The largest absolute Gasteiger partial charge is 0.379 e. The lowest BCUT2D eigenvalue weighted by molar-refractivity contribution is -0.384. The molecule has 0 unspecified atom stereocenters. The van der Waals surface area contributed by atoms with E-state index >= 15 is 0 Å². The van der Waals surface area contributed by atoms with E-state index in [9.17, 15) is 14.9 Å². The fourth-order valence-electron chi connectivity index (χ4n) is 2.64. The molecule has 1 aliphatic carbocycles. The second-order valence-electron chi connectivity index (χ2n) is 5.86. The molecule has 0 spiro atoms. The Morgan fingerprint density at radius 2 is 2.26 bits per heavy atom.